The van der Waals surface area contributed by atoms with Gasteiger partial charge in [0.1, 0.15) is 12.2 Å². The first kappa shape index (κ1) is 49.0. The summed E-state index contributed by atoms with van der Waals surface area (Å²) < 4.78 is 3.84. The molecule has 12 nitrogen and oxygen atoms in total. The number of halogens is 4. The number of carbonyl (C=O) groups excluding carboxylic acids is 1. The number of pyridine rings is 2. The molecular weight excluding hydrogens is 1330 g/mol. The van der Waals surface area contributed by atoms with Gasteiger partial charge >= 0.3 is 70.8 Å². The Labute approximate surface area is 424 Å². The number of nitrogens with zero attached hydrogens (tertiary/aromatic N) is 6. The van der Waals surface area contributed by atoms with Gasteiger partial charge in [-0.15, -0.1) is 22.7 Å². The van der Waals surface area contributed by atoms with E-state index in [1.807, 2.05) is 119 Å². The van der Waals surface area contributed by atoms with Gasteiger partial charge in [0.15, 0.2) is 17.1 Å². The van der Waals surface area contributed by atoms with Gasteiger partial charge in [-0.1, -0.05) is 65.9 Å². The molecule has 0 spiro atoms. The number of carboxylic acids is 1. The normalized spacial score (nSPS) is 11.2. The van der Waals surface area contributed by atoms with Gasteiger partial charge in [-0.05, 0) is 79.4 Å². The second kappa shape index (κ2) is 23.7. The predicted molar refractivity (Wildman–Crippen MR) is 289 cm³/mol. The van der Waals surface area contributed by atoms with Crippen molar-refractivity contribution < 1.29 is 19.6 Å². The van der Waals surface area contributed by atoms with E-state index in [4.69, 9.17) is 0 Å². The zero-order valence-electron chi connectivity index (χ0n) is 34.1. The van der Waals surface area contributed by atoms with Crippen molar-refractivity contribution in [2.45, 2.75) is 33.1 Å². The molecule has 0 aliphatic carbocycles. The van der Waals surface area contributed by atoms with Crippen molar-refractivity contribution in [2.24, 2.45) is 0 Å². The zero-order chi connectivity index (χ0) is 45.0. The number of hydrogen-bond donors (Lipinski definition) is 4. The standard InChI is InChI=1S/C24H22N6OS.C19H15N3O2S.CH3I.3HI.V/c1-15(23-26-14-27-29-23)10-21(31)17-11-19(28-18-6-4-3-5-7-18)24-25-12-20(30(24)13-17)22-9-8-16(2)32-22;1-12-7-8-17(25-12)16-10-20-18-15(21-14-5-3-2-4-6-14)9-13(19(23)24)11-22(16)18;1-2;;;;/h3-9,11-15,28H,10H2,1-2H3,(H,26,27,29);2-11,21H,1H3,(H,23,24);1H3;3*1H;/q;;;;;;+3/p-3. The molecule has 1 unspecified atom stereocenters. The number of nitrogens with one attached hydrogen (secondary N) is 3. The third-order valence-electron chi connectivity index (χ3n) is 9.26. The van der Waals surface area contributed by atoms with Crippen molar-refractivity contribution in [2.75, 3.05) is 15.6 Å². The van der Waals surface area contributed by atoms with Crippen molar-refractivity contribution in [3.63, 3.8) is 0 Å². The fourth-order valence-electron chi connectivity index (χ4n) is 6.44. The van der Waals surface area contributed by atoms with Gasteiger partial charge in [0.2, 0.25) is 0 Å². The number of aromatic amines is 1. The first-order chi connectivity index (χ1) is 30.4. The maximum absolute atomic E-state index is 13.3. The van der Waals surface area contributed by atoms with E-state index in [1.165, 1.54) is 16.1 Å². The van der Waals surface area contributed by atoms with E-state index in [0.717, 1.165) is 43.9 Å². The molecule has 0 saturated heterocycles. The minimum absolute atomic E-state index is 0.0360. The Bertz CT molecular complexity index is 2900. The third-order valence-corrected chi connectivity index (χ3v) is 11.3. The molecule has 1 atom stereocenters. The quantitative estimate of drug-likeness (QED) is 0.0563. The van der Waals surface area contributed by atoms with E-state index in [0.29, 0.717) is 29.1 Å². The molecule has 0 fully saturated rings. The Morgan fingerprint density at radius 3 is 1.60 bits per heavy atom. The van der Waals surface area contributed by atoms with E-state index in [-0.39, 0.29) is 22.2 Å². The van der Waals surface area contributed by atoms with Gasteiger partial charge in [0.05, 0.1) is 50.5 Å². The van der Waals surface area contributed by atoms with E-state index in [9.17, 15) is 14.7 Å². The molecule has 0 saturated carbocycles. The molecule has 4 N–H and O–H groups in total. The number of carbonyl (C=O) groups is 2. The van der Waals surface area contributed by atoms with Gasteiger partial charge < -0.3 is 15.7 Å². The molecule has 19 heteroatoms. The number of anilines is 4. The van der Waals surface area contributed by atoms with Gasteiger partial charge in [0.25, 0.3) is 0 Å². The number of alkyl halides is 1. The number of para-hydroxylation sites is 2. The average Bonchev–Trinajstić information content (AvgIpc) is 4.14. The summed E-state index contributed by atoms with van der Waals surface area (Å²) in [5.74, 6) is -0.290. The molecule has 9 aromatic rings. The van der Waals surface area contributed by atoms with Crippen molar-refractivity contribution in [3.8, 4) is 21.1 Å². The summed E-state index contributed by atoms with van der Waals surface area (Å²) >= 11 is 12.9. The van der Waals surface area contributed by atoms with E-state index < -0.39 is 5.97 Å². The summed E-state index contributed by atoms with van der Waals surface area (Å²) in [6.45, 7) is 6.10. The van der Waals surface area contributed by atoms with Crippen molar-refractivity contribution in [1.29, 1.82) is 0 Å². The van der Waals surface area contributed by atoms with Crippen LogP contribution in [0.25, 0.3) is 32.4 Å². The molecule has 9 rings (SSSR count). The number of imidazole rings is 2. The third kappa shape index (κ3) is 13.1. The van der Waals surface area contributed by atoms with E-state index in [2.05, 4.69) is 137 Å². The first-order valence-electron chi connectivity index (χ1n) is 19.0. The number of fused-ring (bicyclic) bond motifs is 2. The number of carboxylic acid groups (broad SMARTS) is 1. The molecule has 0 aliphatic rings. The second-order valence-electron chi connectivity index (χ2n) is 13.7. The van der Waals surface area contributed by atoms with Crippen LogP contribution in [-0.2, 0) is 4.92 Å². The first-order valence-corrected chi connectivity index (χ1v) is 36.3. The maximum atomic E-state index is 13.3. The van der Waals surface area contributed by atoms with Gasteiger partial charge in [0, 0.05) is 51.4 Å². The van der Waals surface area contributed by atoms with Crippen LogP contribution in [0.4, 0.5) is 22.7 Å². The van der Waals surface area contributed by atoms with Crippen LogP contribution in [0.2, 0.25) is 0 Å². The molecule has 7 heterocycles. The topological polar surface area (TPSA) is 155 Å². The molecule has 63 heavy (non-hydrogen) atoms. The molecule has 2 aromatic carbocycles. The van der Waals surface area contributed by atoms with Gasteiger partial charge in [-0.3, -0.25) is 18.7 Å². The Morgan fingerprint density at radius 2 is 1.19 bits per heavy atom. The van der Waals surface area contributed by atoms with Crippen LogP contribution in [0.15, 0.2) is 128 Å². The van der Waals surface area contributed by atoms with Crippen LogP contribution in [0.3, 0.4) is 0 Å². The van der Waals surface area contributed by atoms with Crippen LogP contribution in [0, 0.1) is 13.8 Å². The summed E-state index contributed by atoms with van der Waals surface area (Å²) in [6, 6.07) is 31.3. The molecule has 7 aromatic heterocycles. The fraction of sp³-hybridized carbons (Fsp3) is 0.136. The minimum atomic E-state index is -0.972. The molecule has 0 radical (unpaired) electrons. The van der Waals surface area contributed by atoms with Crippen LogP contribution in [0.5, 0.6) is 0 Å². The molecule has 324 valence electrons. The van der Waals surface area contributed by atoms with Crippen LogP contribution < -0.4 is 10.6 Å². The molecule has 0 aliphatic heterocycles. The van der Waals surface area contributed by atoms with Gasteiger partial charge in [-0.2, -0.15) is 5.10 Å². The van der Waals surface area contributed by atoms with Gasteiger partial charge in [-0.25, -0.2) is 19.7 Å². The summed E-state index contributed by atoms with van der Waals surface area (Å²) in [6.07, 6.45) is 8.94. The van der Waals surface area contributed by atoms with Crippen molar-refractivity contribution in [1.82, 2.24) is 34.0 Å². The number of aryl methyl sites for hydroxylation is 2. The zero-order valence-corrected chi connectivity index (χ0v) is 45.8. The van der Waals surface area contributed by atoms with E-state index in [1.54, 1.807) is 41.1 Å². The molecule has 0 bridgehead atoms. The van der Waals surface area contributed by atoms with Crippen molar-refractivity contribution in [3.05, 3.63) is 155 Å². The fourth-order valence-corrected chi connectivity index (χ4v) is 8.19. The number of thiophene rings is 2. The Balaban J connectivity index is 0.000000191. The van der Waals surface area contributed by atoms with Crippen LogP contribution in [0.1, 0.15) is 55.6 Å². The van der Waals surface area contributed by atoms with Crippen molar-refractivity contribution >= 4 is 151 Å². The summed E-state index contributed by atoms with van der Waals surface area (Å²) in [5, 5.41) is 22.9. The summed E-state index contributed by atoms with van der Waals surface area (Å²) in [5.41, 5.74) is 7.39. The summed E-state index contributed by atoms with van der Waals surface area (Å²) in [7, 11) is 0. The number of Topliss-reactive ketones (excluding diaryl/α,β-unsaturated/α-hetero) is 1. The number of aromatic nitrogens is 7. The van der Waals surface area contributed by atoms with Crippen LogP contribution in [-0.4, -0.2) is 55.7 Å². The van der Waals surface area contributed by atoms with Crippen LogP contribution >= 0.6 is 105 Å². The molecular formula is C44H40I4N9O3S2V. The number of aromatic carboxylic acids is 1. The SMILES string of the molecule is CI.Cc1ccc(-c2cnc3c(Nc4ccccc4)cc(C(=O)CC(C)c4ncn[nH]4)cn23)s1.Cc1ccc(-c2cnc3c(Nc4ccccc4)cc(C(=O)O)cn23)s1.[I][V]([I])[I]. The number of rotatable bonds is 11. The number of hydrogen-bond acceptors (Lipinski definition) is 10. The number of benzene rings is 2. The van der Waals surface area contributed by atoms with E-state index >= 15 is 0 Å². The molecule has 0 amide bonds. The Kier molecular flexibility index (Phi) is 18.4. The number of H-pyrrole nitrogens is 1. The Morgan fingerprint density at radius 1 is 0.730 bits per heavy atom. The average molecular weight is 1370 g/mol. The Hall–Kier alpha value is -3.40. The predicted octanol–water partition coefficient (Wildman–Crippen LogP) is 14.1. The second-order valence-corrected chi connectivity index (χ2v) is 51.6. The summed E-state index contributed by atoms with van der Waals surface area (Å²) in [4.78, 5) is 44.5. The number of ketones is 1. The monoisotopic (exact) mass is 1360 g/mol.